The number of amides is 1. The molecule has 3 N–H and O–H groups in total. The quantitative estimate of drug-likeness (QED) is 0.111. The summed E-state index contributed by atoms with van der Waals surface area (Å²) in [7, 11) is 7.09. The molecule has 1 saturated heterocycles. The van der Waals surface area contributed by atoms with Gasteiger partial charge in [-0.05, 0) is 65.8 Å². The van der Waals surface area contributed by atoms with E-state index < -0.39 is 47.7 Å². The van der Waals surface area contributed by atoms with Crippen molar-refractivity contribution in [3.05, 3.63) is 36.0 Å². The molecule has 2 aliphatic heterocycles. The molecule has 47 heavy (non-hydrogen) atoms. The van der Waals surface area contributed by atoms with Gasteiger partial charge < -0.3 is 44.1 Å². The molecular weight excluding hydrogens is 604 g/mol. The van der Waals surface area contributed by atoms with Gasteiger partial charge in [-0.3, -0.25) is 4.79 Å². The SMILES string of the molecule is C.CCC(O)C(C)C1OC1CC(C)(O)/C=C/C=C(\C)[C@H]1OC(=O)CC(O)CCC(C)(OC)[C@@H](OC(=O)N(C)CCN(C)C)/C=C/C1C. The molecule has 11 heteroatoms. The Morgan fingerprint density at radius 2 is 1.91 bits per heavy atom. The summed E-state index contributed by atoms with van der Waals surface area (Å²) in [5, 5.41) is 31.8. The molecule has 1 amide bonds. The number of likely N-dealkylation sites (N-methyl/N-ethyl adjacent to an activating group) is 2. The minimum atomic E-state index is -1.15. The zero-order valence-electron chi connectivity index (χ0n) is 29.6. The van der Waals surface area contributed by atoms with Crippen LogP contribution in [-0.4, -0.2) is 126 Å². The Labute approximate surface area is 283 Å². The number of allylic oxidation sites excluding steroid dienone is 2. The van der Waals surface area contributed by atoms with E-state index in [2.05, 4.69) is 0 Å². The third-order valence-electron chi connectivity index (χ3n) is 9.23. The lowest BCUT2D eigenvalue weighted by molar-refractivity contribution is -0.151. The molecule has 0 aromatic rings. The number of carbonyl (C=O) groups excluding carboxylic acids is 2. The van der Waals surface area contributed by atoms with E-state index in [-0.39, 0.29) is 44.3 Å². The first-order valence-corrected chi connectivity index (χ1v) is 16.5. The van der Waals surface area contributed by atoms with Crippen molar-refractivity contribution < 1.29 is 43.9 Å². The van der Waals surface area contributed by atoms with Gasteiger partial charge in [-0.15, -0.1) is 0 Å². The van der Waals surface area contributed by atoms with Crippen molar-refractivity contribution in [2.75, 3.05) is 41.3 Å². The maximum absolute atomic E-state index is 13.0. The molecule has 8 unspecified atom stereocenters. The maximum atomic E-state index is 13.0. The molecule has 0 aromatic heterocycles. The monoisotopic (exact) mass is 668 g/mol. The van der Waals surface area contributed by atoms with Crippen LogP contribution in [0, 0.1) is 11.8 Å². The fourth-order valence-electron chi connectivity index (χ4n) is 5.65. The van der Waals surface area contributed by atoms with Crippen molar-refractivity contribution in [3.63, 3.8) is 0 Å². The Morgan fingerprint density at radius 3 is 2.51 bits per heavy atom. The lowest BCUT2D eigenvalue weighted by Gasteiger charge is -2.36. The Morgan fingerprint density at radius 1 is 1.26 bits per heavy atom. The first kappa shape index (κ1) is 42.7. The summed E-state index contributed by atoms with van der Waals surface area (Å²) in [6.45, 7) is 12.3. The van der Waals surface area contributed by atoms with Crippen LogP contribution in [0.3, 0.4) is 0 Å². The zero-order chi connectivity index (χ0) is 34.8. The third-order valence-corrected chi connectivity index (χ3v) is 9.23. The average Bonchev–Trinajstić information content (AvgIpc) is 3.75. The second kappa shape index (κ2) is 19.0. The van der Waals surface area contributed by atoms with Gasteiger partial charge in [-0.25, -0.2) is 4.79 Å². The van der Waals surface area contributed by atoms with Crippen LogP contribution >= 0.6 is 0 Å². The minimum Gasteiger partial charge on any atom is -0.457 e. The normalized spacial score (nSPS) is 32.2. The van der Waals surface area contributed by atoms with Gasteiger partial charge in [0.15, 0.2) is 6.10 Å². The topological polar surface area (TPSA) is 142 Å². The van der Waals surface area contributed by atoms with Gasteiger partial charge >= 0.3 is 12.1 Å². The van der Waals surface area contributed by atoms with E-state index in [0.29, 0.717) is 32.4 Å². The maximum Gasteiger partial charge on any atom is 0.410 e. The zero-order valence-corrected chi connectivity index (χ0v) is 29.6. The molecule has 1 fully saturated rings. The fraction of sp³-hybridized carbons (Fsp3) is 0.778. The van der Waals surface area contributed by atoms with Crippen LogP contribution in [0.5, 0.6) is 0 Å². The molecule has 0 bridgehead atoms. The second-order valence-corrected chi connectivity index (χ2v) is 13.9. The summed E-state index contributed by atoms with van der Waals surface area (Å²) in [5.41, 5.74) is -1.37. The van der Waals surface area contributed by atoms with Gasteiger partial charge in [0.2, 0.25) is 0 Å². The van der Waals surface area contributed by atoms with E-state index in [4.69, 9.17) is 18.9 Å². The summed E-state index contributed by atoms with van der Waals surface area (Å²) in [5.74, 6) is -0.854. The number of aliphatic hydroxyl groups excluding tert-OH is 2. The number of epoxide rings is 1. The number of aliphatic hydroxyl groups is 3. The summed E-state index contributed by atoms with van der Waals surface area (Å²) in [6.07, 6.45) is 6.75. The molecule has 2 heterocycles. The van der Waals surface area contributed by atoms with Gasteiger partial charge in [-0.2, -0.15) is 0 Å². The summed E-state index contributed by atoms with van der Waals surface area (Å²) < 4.78 is 23.5. The average molecular weight is 669 g/mol. The highest BCUT2D eigenvalue weighted by Gasteiger charge is 2.47. The number of methoxy groups -OCH3 is 1. The van der Waals surface area contributed by atoms with E-state index >= 15 is 0 Å². The van der Waals surface area contributed by atoms with Crippen LogP contribution in [0.15, 0.2) is 36.0 Å². The van der Waals surface area contributed by atoms with Crippen molar-refractivity contribution in [2.45, 2.75) is 129 Å². The highest BCUT2D eigenvalue weighted by atomic mass is 16.6. The van der Waals surface area contributed by atoms with Crippen molar-refractivity contribution in [2.24, 2.45) is 11.8 Å². The number of cyclic esters (lactones) is 1. The molecule has 2 rings (SSSR count). The summed E-state index contributed by atoms with van der Waals surface area (Å²) in [6, 6.07) is 0. The van der Waals surface area contributed by atoms with Gasteiger partial charge in [0.05, 0.1) is 36.4 Å². The molecule has 0 aliphatic carbocycles. The highest BCUT2D eigenvalue weighted by Crippen LogP contribution is 2.37. The Kier molecular flexibility index (Phi) is 17.3. The minimum absolute atomic E-state index is 0. The van der Waals surface area contributed by atoms with Gasteiger partial charge in [0.25, 0.3) is 0 Å². The number of nitrogens with zero attached hydrogens (tertiary/aromatic N) is 2. The standard InChI is InChI=1S/C35H60N2O9.CH4/c1-11-27(39)25(4)32-28(44-32)22-34(5,42)17-12-13-23(2)31-24(3)14-15-29(45-33(41)37(9)20-19-36(7)8)35(6,43-10)18-16-26(38)21-30(40)46-31;/h12-15,17,24-29,31-32,38-39,42H,11,16,18-22H2,1-10H3;1H4/b15-14+,17-12+,23-13+;/t24?,25?,26?,27?,28?,29-,31+,32?,34?,35?;/m0./s1. The molecule has 11 nitrogen and oxygen atoms in total. The van der Waals surface area contributed by atoms with Crippen LogP contribution in [0.2, 0.25) is 0 Å². The van der Waals surface area contributed by atoms with E-state index in [1.165, 1.54) is 4.90 Å². The summed E-state index contributed by atoms with van der Waals surface area (Å²) in [4.78, 5) is 29.4. The fourth-order valence-corrected chi connectivity index (χ4v) is 5.65. The molecule has 0 spiro atoms. The predicted octanol–water partition coefficient (Wildman–Crippen LogP) is 4.49. The molecular formula is C36H64N2O9. The van der Waals surface area contributed by atoms with Gasteiger partial charge in [-0.1, -0.05) is 52.5 Å². The highest BCUT2D eigenvalue weighted by molar-refractivity contribution is 5.70. The lowest BCUT2D eigenvalue weighted by Crippen LogP contribution is -2.46. The lowest BCUT2D eigenvalue weighted by atomic mass is 9.88. The Hall–Kier alpha value is -2.28. The third kappa shape index (κ3) is 13.6. The number of esters is 1. The van der Waals surface area contributed by atoms with Crippen molar-refractivity contribution >= 4 is 12.1 Å². The number of hydrogen-bond acceptors (Lipinski definition) is 10. The predicted molar refractivity (Wildman–Crippen MR) is 184 cm³/mol. The van der Waals surface area contributed by atoms with E-state index in [1.54, 1.807) is 45.4 Å². The largest absolute Gasteiger partial charge is 0.457 e. The van der Waals surface area contributed by atoms with Crippen molar-refractivity contribution in [1.29, 1.82) is 0 Å². The van der Waals surface area contributed by atoms with E-state index in [0.717, 1.165) is 5.57 Å². The van der Waals surface area contributed by atoms with Crippen LogP contribution in [-0.2, 0) is 23.7 Å². The van der Waals surface area contributed by atoms with Crippen LogP contribution < -0.4 is 0 Å². The van der Waals surface area contributed by atoms with Crippen LogP contribution in [0.1, 0.15) is 81.1 Å². The number of carbonyl (C=O) groups is 2. The molecule has 2 aliphatic rings. The molecule has 10 atom stereocenters. The number of hydrogen-bond donors (Lipinski definition) is 3. The first-order valence-electron chi connectivity index (χ1n) is 16.5. The Balaban J connectivity index is 0.0000110. The van der Waals surface area contributed by atoms with Crippen LogP contribution in [0.4, 0.5) is 4.79 Å². The first-order chi connectivity index (χ1) is 21.4. The molecule has 272 valence electrons. The molecule has 0 radical (unpaired) electrons. The molecule has 0 saturated carbocycles. The smallest absolute Gasteiger partial charge is 0.410 e. The van der Waals surface area contributed by atoms with E-state index in [1.807, 2.05) is 59.7 Å². The van der Waals surface area contributed by atoms with Crippen molar-refractivity contribution in [3.8, 4) is 0 Å². The van der Waals surface area contributed by atoms with Crippen LogP contribution in [0.25, 0.3) is 0 Å². The van der Waals surface area contributed by atoms with Crippen molar-refractivity contribution in [1.82, 2.24) is 9.80 Å². The number of rotatable bonds is 13. The Bertz CT molecular complexity index is 1070. The summed E-state index contributed by atoms with van der Waals surface area (Å²) >= 11 is 0. The van der Waals surface area contributed by atoms with Gasteiger partial charge in [0, 0.05) is 45.5 Å². The van der Waals surface area contributed by atoms with Gasteiger partial charge in [0.1, 0.15) is 11.7 Å². The van der Waals surface area contributed by atoms with E-state index in [9.17, 15) is 24.9 Å². The number of ether oxygens (including phenoxy) is 4. The second-order valence-electron chi connectivity index (χ2n) is 13.9. The molecule has 0 aromatic carbocycles.